The molecule has 0 aromatic rings. The Hall–Kier alpha value is -0.870. The molecule has 0 aromatic carbocycles. The lowest BCUT2D eigenvalue weighted by Gasteiger charge is -2.02. The zero-order valence-electron chi connectivity index (χ0n) is 8.78. The third-order valence-corrected chi connectivity index (χ3v) is 1.57. The lowest BCUT2D eigenvalue weighted by atomic mass is 10.3. The topological polar surface area (TPSA) is 55.8 Å². The molecule has 0 atom stereocenters. The van der Waals surface area contributed by atoms with Gasteiger partial charge in [0.25, 0.3) is 0 Å². The Kier molecular flexibility index (Phi) is 8.17. The van der Waals surface area contributed by atoms with Gasteiger partial charge in [-0.1, -0.05) is 6.92 Å². The fraction of sp³-hybridized carbons (Fsp3) is 0.700. The average Bonchev–Trinajstić information content (AvgIpc) is 2.16. The van der Waals surface area contributed by atoms with Gasteiger partial charge in [-0.3, -0.25) is 0 Å². The van der Waals surface area contributed by atoms with E-state index in [1.807, 2.05) is 6.92 Å². The number of hydrogen-bond donors (Lipinski definition) is 1. The monoisotopic (exact) mass is 202 g/mol. The molecule has 14 heavy (non-hydrogen) atoms. The number of carboxylic acid groups (broad SMARTS) is 1. The second-order valence-electron chi connectivity index (χ2n) is 2.88. The van der Waals surface area contributed by atoms with E-state index in [4.69, 9.17) is 14.6 Å². The van der Waals surface area contributed by atoms with E-state index in [0.29, 0.717) is 25.4 Å². The van der Waals surface area contributed by atoms with Gasteiger partial charge in [0.2, 0.25) is 0 Å². The molecule has 82 valence electrons. The van der Waals surface area contributed by atoms with Gasteiger partial charge in [-0.2, -0.15) is 0 Å². The molecule has 0 unspecified atom stereocenters. The number of hydrogen-bond acceptors (Lipinski definition) is 3. The average molecular weight is 202 g/mol. The molecule has 0 aromatic heterocycles. The van der Waals surface area contributed by atoms with Crippen molar-refractivity contribution in [1.82, 2.24) is 0 Å². The lowest BCUT2D eigenvalue weighted by Crippen LogP contribution is -2.05. The van der Waals surface area contributed by atoms with E-state index in [0.717, 1.165) is 13.0 Å². The van der Waals surface area contributed by atoms with Gasteiger partial charge in [0, 0.05) is 12.2 Å². The van der Waals surface area contributed by atoms with E-state index >= 15 is 0 Å². The van der Waals surface area contributed by atoms with Crippen molar-refractivity contribution in [1.29, 1.82) is 0 Å². The lowest BCUT2D eigenvalue weighted by molar-refractivity contribution is -0.132. The molecular formula is C10H18O4. The number of carbonyl (C=O) groups is 1. The van der Waals surface area contributed by atoms with Gasteiger partial charge in [-0.25, -0.2) is 4.79 Å². The molecule has 4 heteroatoms. The first-order valence-corrected chi connectivity index (χ1v) is 4.74. The molecule has 0 radical (unpaired) electrons. The Labute approximate surface area is 84.5 Å². The quantitative estimate of drug-likeness (QED) is 0.478. The molecule has 0 heterocycles. The highest BCUT2D eigenvalue weighted by Crippen LogP contribution is 1.91. The molecule has 0 fully saturated rings. The van der Waals surface area contributed by atoms with Crippen molar-refractivity contribution >= 4 is 5.97 Å². The second-order valence-corrected chi connectivity index (χ2v) is 2.88. The van der Waals surface area contributed by atoms with Crippen LogP contribution >= 0.6 is 0 Å². The summed E-state index contributed by atoms with van der Waals surface area (Å²) in [6.07, 6.45) is 2.54. The number of rotatable bonds is 8. The molecule has 0 bridgehead atoms. The maximum atomic E-state index is 10.4. The molecule has 1 N–H and O–H groups in total. The Balaban J connectivity index is 3.29. The van der Waals surface area contributed by atoms with Crippen molar-refractivity contribution < 1.29 is 19.4 Å². The first-order chi connectivity index (χ1) is 6.68. The van der Waals surface area contributed by atoms with E-state index in [2.05, 4.69) is 0 Å². The van der Waals surface area contributed by atoms with Gasteiger partial charge in [0.15, 0.2) is 0 Å². The van der Waals surface area contributed by atoms with Gasteiger partial charge in [-0.15, -0.1) is 0 Å². The fourth-order valence-electron chi connectivity index (χ4n) is 0.719. The SMILES string of the molecule is CCCOCCOCC=C(C)C(=O)O. The number of carboxylic acids is 1. The minimum atomic E-state index is -0.907. The number of ether oxygens (including phenoxy) is 2. The molecule has 0 amide bonds. The molecule has 0 saturated heterocycles. The van der Waals surface area contributed by atoms with Crippen molar-refractivity contribution in [3.8, 4) is 0 Å². The molecule has 0 aliphatic heterocycles. The Morgan fingerprint density at radius 3 is 2.50 bits per heavy atom. The van der Waals surface area contributed by atoms with Crippen LogP contribution in [-0.2, 0) is 14.3 Å². The van der Waals surface area contributed by atoms with Gasteiger partial charge in [0.1, 0.15) is 0 Å². The van der Waals surface area contributed by atoms with E-state index in [9.17, 15) is 4.79 Å². The minimum Gasteiger partial charge on any atom is -0.478 e. The predicted octanol–water partition coefficient (Wildman–Crippen LogP) is 1.46. The maximum Gasteiger partial charge on any atom is 0.331 e. The third-order valence-electron chi connectivity index (χ3n) is 1.57. The van der Waals surface area contributed by atoms with Crippen molar-refractivity contribution in [2.75, 3.05) is 26.4 Å². The Morgan fingerprint density at radius 1 is 1.29 bits per heavy atom. The summed E-state index contributed by atoms with van der Waals surface area (Å²) >= 11 is 0. The summed E-state index contributed by atoms with van der Waals surface area (Å²) in [7, 11) is 0. The summed E-state index contributed by atoms with van der Waals surface area (Å²) < 4.78 is 10.3. The van der Waals surface area contributed by atoms with E-state index < -0.39 is 5.97 Å². The van der Waals surface area contributed by atoms with Crippen LogP contribution in [0.5, 0.6) is 0 Å². The van der Waals surface area contributed by atoms with E-state index in [1.54, 1.807) is 13.0 Å². The van der Waals surface area contributed by atoms with Crippen LogP contribution in [0.3, 0.4) is 0 Å². The van der Waals surface area contributed by atoms with Crippen LogP contribution in [-0.4, -0.2) is 37.5 Å². The van der Waals surface area contributed by atoms with Crippen molar-refractivity contribution in [3.05, 3.63) is 11.6 Å². The van der Waals surface area contributed by atoms with Crippen LogP contribution in [0.25, 0.3) is 0 Å². The van der Waals surface area contributed by atoms with Crippen molar-refractivity contribution in [3.63, 3.8) is 0 Å². The summed E-state index contributed by atoms with van der Waals surface area (Å²) in [4.78, 5) is 10.4. The Morgan fingerprint density at radius 2 is 1.93 bits per heavy atom. The summed E-state index contributed by atoms with van der Waals surface area (Å²) in [5.74, 6) is -0.907. The Bertz CT molecular complexity index is 187. The smallest absolute Gasteiger partial charge is 0.331 e. The molecule has 0 aliphatic rings. The van der Waals surface area contributed by atoms with Crippen LogP contribution in [0.4, 0.5) is 0 Å². The highest BCUT2D eigenvalue weighted by Gasteiger charge is 1.97. The molecule has 0 aliphatic carbocycles. The van der Waals surface area contributed by atoms with Crippen LogP contribution in [0.2, 0.25) is 0 Å². The highest BCUT2D eigenvalue weighted by atomic mass is 16.5. The van der Waals surface area contributed by atoms with Crippen molar-refractivity contribution in [2.45, 2.75) is 20.3 Å². The summed E-state index contributed by atoms with van der Waals surface area (Å²) in [6.45, 7) is 5.72. The molecule has 0 spiro atoms. The standard InChI is InChI=1S/C10H18O4/c1-3-5-13-7-8-14-6-4-9(2)10(11)12/h4H,3,5-8H2,1-2H3,(H,11,12). The normalized spacial score (nSPS) is 11.7. The van der Waals surface area contributed by atoms with Crippen molar-refractivity contribution in [2.24, 2.45) is 0 Å². The molecule has 0 rings (SSSR count). The summed E-state index contributed by atoms with van der Waals surface area (Å²) in [6, 6.07) is 0. The zero-order valence-corrected chi connectivity index (χ0v) is 8.78. The molecular weight excluding hydrogens is 184 g/mol. The summed E-state index contributed by atoms with van der Waals surface area (Å²) in [5, 5.41) is 8.51. The first-order valence-electron chi connectivity index (χ1n) is 4.74. The van der Waals surface area contributed by atoms with Gasteiger partial charge < -0.3 is 14.6 Å². The van der Waals surface area contributed by atoms with Gasteiger partial charge in [0.05, 0.1) is 19.8 Å². The summed E-state index contributed by atoms with van der Waals surface area (Å²) in [5.41, 5.74) is 0.305. The largest absolute Gasteiger partial charge is 0.478 e. The van der Waals surface area contributed by atoms with Crippen LogP contribution < -0.4 is 0 Å². The van der Waals surface area contributed by atoms with Crippen LogP contribution in [0.15, 0.2) is 11.6 Å². The number of aliphatic carboxylic acids is 1. The van der Waals surface area contributed by atoms with Crippen LogP contribution in [0.1, 0.15) is 20.3 Å². The van der Waals surface area contributed by atoms with E-state index in [1.165, 1.54) is 0 Å². The molecule has 0 saturated carbocycles. The fourth-order valence-corrected chi connectivity index (χ4v) is 0.719. The highest BCUT2D eigenvalue weighted by molar-refractivity contribution is 5.85. The first kappa shape index (κ1) is 13.1. The van der Waals surface area contributed by atoms with Gasteiger partial charge >= 0.3 is 5.97 Å². The maximum absolute atomic E-state index is 10.4. The zero-order chi connectivity index (χ0) is 10.8. The predicted molar refractivity (Wildman–Crippen MR) is 53.3 cm³/mol. The van der Waals surface area contributed by atoms with E-state index in [-0.39, 0.29) is 0 Å². The van der Waals surface area contributed by atoms with Crippen LogP contribution in [0, 0.1) is 0 Å². The third kappa shape index (κ3) is 7.76. The van der Waals surface area contributed by atoms with Gasteiger partial charge in [-0.05, 0) is 19.4 Å². The second kappa shape index (κ2) is 8.72. The molecule has 4 nitrogen and oxygen atoms in total. The minimum absolute atomic E-state index is 0.305.